The Morgan fingerprint density at radius 3 is 2.40 bits per heavy atom. The van der Waals surface area contributed by atoms with Crippen LogP contribution < -0.4 is 19.5 Å². The van der Waals surface area contributed by atoms with Crippen molar-refractivity contribution in [3.8, 4) is 22.9 Å². The fourth-order valence-electron chi connectivity index (χ4n) is 3.64. The zero-order valence-corrected chi connectivity index (χ0v) is 16.5. The highest BCUT2D eigenvalue weighted by Crippen LogP contribution is 2.44. The minimum atomic E-state index is -0.638. The Balaban J connectivity index is 1.86. The third-order valence-corrected chi connectivity index (χ3v) is 5.03. The summed E-state index contributed by atoms with van der Waals surface area (Å²) in [5.74, 6) is -0.367. The maximum Gasteiger partial charge on any atom is 0.226 e. The van der Waals surface area contributed by atoms with E-state index in [1.54, 1.807) is 12.1 Å². The van der Waals surface area contributed by atoms with E-state index in [0.29, 0.717) is 28.5 Å². The van der Waals surface area contributed by atoms with Gasteiger partial charge in [-0.15, -0.1) is 0 Å². The predicted octanol–water partition coefficient (Wildman–Crippen LogP) is 3.65. The maximum atomic E-state index is 14.3. The number of imidazole rings is 1. The molecule has 0 fully saturated rings. The molecule has 2 aromatic carbocycles. The van der Waals surface area contributed by atoms with Gasteiger partial charge in [0.1, 0.15) is 23.8 Å². The van der Waals surface area contributed by atoms with Gasteiger partial charge in [0.05, 0.1) is 32.7 Å². The van der Waals surface area contributed by atoms with E-state index in [4.69, 9.17) is 14.2 Å². The standard InChI is InChI=1S/C21H19F2N3O4/c1-28-16-6-11(7-17(29-2)20(16)30-3)13-9-18(27)25-21-19(13)24-10-26(21)15-8-12(22)4-5-14(15)23/h4-8,10,13H,9H2,1-3H3,(H,25,27)/t13-/m1/s1. The molecule has 3 aromatic rings. The molecule has 1 N–H and O–H groups in total. The molecule has 0 saturated carbocycles. The molecule has 1 aromatic heterocycles. The number of nitrogens with zero attached hydrogens (tertiary/aromatic N) is 2. The SMILES string of the molecule is COc1cc([C@H]2CC(=O)Nc3c2ncn3-c2cc(F)ccc2F)cc(OC)c1OC. The van der Waals surface area contributed by atoms with Crippen molar-refractivity contribution in [1.29, 1.82) is 0 Å². The fraction of sp³-hybridized carbons (Fsp3) is 0.238. The molecule has 0 radical (unpaired) electrons. The first-order valence-corrected chi connectivity index (χ1v) is 9.09. The van der Waals surface area contributed by atoms with Crippen molar-refractivity contribution in [2.24, 2.45) is 0 Å². The van der Waals surface area contributed by atoms with Gasteiger partial charge in [0.2, 0.25) is 11.7 Å². The van der Waals surface area contributed by atoms with Gasteiger partial charge in [-0.05, 0) is 29.8 Å². The van der Waals surface area contributed by atoms with E-state index in [1.165, 1.54) is 32.2 Å². The summed E-state index contributed by atoms with van der Waals surface area (Å²) in [6.45, 7) is 0. The largest absolute Gasteiger partial charge is 0.493 e. The number of aromatic nitrogens is 2. The Morgan fingerprint density at radius 1 is 1.07 bits per heavy atom. The van der Waals surface area contributed by atoms with Crippen molar-refractivity contribution in [2.45, 2.75) is 12.3 Å². The van der Waals surface area contributed by atoms with Crippen LogP contribution in [0.2, 0.25) is 0 Å². The topological polar surface area (TPSA) is 74.6 Å². The molecule has 9 heteroatoms. The van der Waals surface area contributed by atoms with Crippen LogP contribution in [0.1, 0.15) is 23.6 Å². The van der Waals surface area contributed by atoms with Crippen LogP contribution in [-0.2, 0) is 4.79 Å². The molecule has 30 heavy (non-hydrogen) atoms. The molecule has 0 saturated heterocycles. The number of carbonyl (C=O) groups excluding carboxylic acids is 1. The van der Waals surface area contributed by atoms with E-state index in [0.717, 1.165) is 18.2 Å². The number of hydrogen-bond donors (Lipinski definition) is 1. The molecule has 1 amide bonds. The van der Waals surface area contributed by atoms with Gasteiger partial charge in [-0.1, -0.05) is 0 Å². The van der Waals surface area contributed by atoms with Crippen LogP contribution in [0, 0.1) is 11.6 Å². The number of halogens is 2. The van der Waals surface area contributed by atoms with Crippen molar-refractivity contribution in [3.63, 3.8) is 0 Å². The number of anilines is 1. The first-order valence-electron chi connectivity index (χ1n) is 9.09. The summed E-state index contributed by atoms with van der Waals surface area (Å²) in [5, 5.41) is 2.72. The van der Waals surface area contributed by atoms with Crippen LogP contribution in [0.25, 0.3) is 5.69 Å². The summed E-state index contributed by atoms with van der Waals surface area (Å²) in [6.07, 6.45) is 1.48. The molecule has 1 aliphatic heterocycles. The fourth-order valence-corrected chi connectivity index (χ4v) is 3.64. The molecule has 156 valence electrons. The van der Waals surface area contributed by atoms with E-state index >= 15 is 0 Å². The molecule has 2 heterocycles. The van der Waals surface area contributed by atoms with Gasteiger partial charge in [0.15, 0.2) is 11.5 Å². The van der Waals surface area contributed by atoms with E-state index in [-0.39, 0.29) is 23.8 Å². The minimum absolute atomic E-state index is 0.0467. The lowest BCUT2D eigenvalue weighted by Crippen LogP contribution is -2.25. The number of nitrogens with one attached hydrogen (secondary N) is 1. The number of amides is 1. The van der Waals surface area contributed by atoms with Gasteiger partial charge in [-0.25, -0.2) is 13.8 Å². The Morgan fingerprint density at radius 2 is 1.77 bits per heavy atom. The second-order valence-corrected chi connectivity index (χ2v) is 6.71. The lowest BCUT2D eigenvalue weighted by molar-refractivity contribution is -0.116. The molecule has 1 atom stereocenters. The molecular formula is C21H19F2N3O4. The molecule has 0 aliphatic carbocycles. The Bertz CT molecular complexity index is 1100. The van der Waals surface area contributed by atoms with Crippen LogP contribution in [0.3, 0.4) is 0 Å². The molecule has 4 rings (SSSR count). The molecule has 0 spiro atoms. The number of fused-ring (bicyclic) bond motifs is 1. The summed E-state index contributed by atoms with van der Waals surface area (Å²) in [6, 6.07) is 6.59. The Kier molecular flexibility index (Phi) is 5.03. The summed E-state index contributed by atoms with van der Waals surface area (Å²) >= 11 is 0. The lowest BCUT2D eigenvalue weighted by Gasteiger charge is -2.24. The number of benzene rings is 2. The third-order valence-electron chi connectivity index (χ3n) is 5.03. The quantitative estimate of drug-likeness (QED) is 0.689. The maximum absolute atomic E-state index is 14.3. The summed E-state index contributed by atoms with van der Waals surface area (Å²) in [5.41, 5.74) is 1.19. The van der Waals surface area contributed by atoms with E-state index < -0.39 is 17.6 Å². The lowest BCUT2D eigenvalue weighted by atomic mass is 9.89. The van der Waals surface area contributed by atoms with Gasteiger partial charge < -0.3 is 19.5 Å². The molecular weight excluding hydrogens is 396 g/mol. The number of methoxy groups -OCH3 is 3. The van der Waals surface area contributed by atoms with E-state index in [2.05, 4.69) is 10.3 Å². The number of carbonyl (C=O) groups is 1. The molecule has 0 unspecified atom stereocenters. The zero-order chi connectivity index (χ0) is 21.4. The van der Waals surface area contributed by atoms with Crippen LogP contribution in [-0.4, -0.2) is 36.8 Å². The van der Waals surface area contributed by atoms with E-state index in [9.17, 15) is 13.6 Å². The monoisotopic (exact) mass is 415 g/mol. The van der Waals surface area contributed by atoms with Crippen molar-refractivity contribution < 1.29 is 27.8 Å². The van der Waals surface area contributed by atoms with Gasteiger partial charge in [-0.2, -0.15) is 0 Å². The smallest absolute Gasteiger partial charge is 0.226 e. The van der Waals surface area contributed by atoms with Crippen molar-refractivity contribution in [3.05, 3.63) is 59.6 Å². The third kappa shape index (κ3) is 3.22. The molecule has 7 nitrogen and oxygen atoms in total. The first-order chi connectivity index (χ1) is 14.5. The number of rotatable bonds is 5. The van der Waals surface area contributed by atoms with Crippen molar-refractivity contribution in [2.75, 3.05) is 26.6 Å². The highest BCUT2D eigenvalue weighted by molar-refractivity contribution is 5.94. The van der Waals surface area contributed by atoms with Crippen LogP contribution in [0.5, 0.6) is 17.2 Å². The Labute approximate surface area is 171 Å². The van der Waals surface area contributed by atoms with Gasteiger partial charge in [-0.3, -0.25) is 9.36 Å². The summed E-state index contributed by atoms with van der Waals surface area (Å²) < 4.78 is 45.5. The Hall–Kier alpha value is -3.62. The molecule has 1 aliphatic rings. The van der Waals surface area contributed by atoms with Gasteiger partial charge in [0.25, 0.3) is 0 Å². The predicted molar refractivity (Wildman–Crippen MR) is 105 cm³/mol. The van der Waals surface area contributed by atoms with Gasteiger partial charge >= 0.3 is 0 Å². The van der Waals surface area contributed by atoms with E-state index in [1.807, 2.05) is 0 Å². The van der Waals surface area contributed by atoms with Gasteiger partial charge in [0, 0.05) is 18.4 Å². The normalized spacial score (nSPS) is 15.4. The summed E-state index contributed by atoms with van der Waals surface area (Å²) in [4.78, 5) is 16.9. The van der Waals surface area contributed by atoms with Crippen LogP contribution in [0.4, 0.5) is 14.6 Å². The zero-order valence-electron chi connectivity index (χ0n) is 16.5. The average molecular weight is 415 g/mol. The number of hydrogen-bond acceptors (Lipinski definition) is 5. The first kappa shape index (κ1) is 19.7. The second kappa shape index (κ2) is 7.66. The second-order valence-electron chi connectivity index (χ2n) is 6.71. The average Bonchev–Trinajstić information content (AvgIpc) is 3.17. The minimum Gasteiger partial charge on any atom is -0.493 e. The van der Waals surface area contributed by atoms with Crippen LogP contribution >= 0.6 is 0 Å². The highest BCUT2D eigenvalue weighted by atomic mass is 19.1. The number of ether oxygens (including phenoxy) is 3. The van der Waals surface area contributed by atoms with Crippen molar-refractivity contribution in [1.82, 2.24) is 9.55 Å². The summed E-state index contributed by atoms with van der Waals surface area (Å²) in [7, 11) is 4.50. The molecule has 0 bridgehead atoms. The van der Waals surface area contributed by atoms with Crippen molar-refractivity contribution >= 4 is 11.7 Å². The highest BCUT2D eigenvalue weighted by Gasteiger charge is 2.33. The van der Waals surface area contributed by atoms with Crippen LogP contribution in [0.15, 0.2) is 36.7 Å².